The fraction of sp³-hybridized carbons (Fsp3) is 0.409. The number of amides is 1. The molecule has 2 unspecified atom stereocenters. The van der Waals surface area contributed by atoms with Crippen molar-refractivity contribution in [2.24, 2.45) is 15.1 Å². The van der Waals surface area contributed by atoms with E-state index in [9.17, 15) is 13.6 Å². The average molecular weight is 474 g/mol. The standard InChI is InChI=1S/C21H22FN7OS.CH3F/c1-12-8-13(9-23)10-25-17(12)19(30)29-16-5-4-14(22)18(28-16)15-11-31-21(2,20(24)27-15)6-3-7-26-31;1-2/h4-5,8,10,15H,3,6-7,11H2,1-2H3,(H2,24,27)(H,28,29,30);1H3/t15?,21?,31-;/m1./s1. The SMILES string of the molecule is CF.Cc1cc(C#N)cnc1C(=O)Nc1ccc(F)c(C2C[S@]3=NCCCC3(C)C(N)=N2)n1. The summed E-state index contributed by atoms with van der Waals surface area (Å²) < 4.78 is 28.6. The lowest BCUT2D eigenvalue weighted by Gasteiger charge is -2.39. The fourth-order valence-electron chi connectivity index (χ4n) is 3.78. The van der Waals surface area contributed by atoms with Crippen molar-refractivity contribution in [3.63, 3.8) is 0 Å². The van der Waals surface area contributed by atoms with Crippen LogP contribution in [0.1, 0.15) is 53.1 Å². The molecule has 0 saturated carbocycles. The third-order valence-electron chi connectivity index (χ3n) is 5.58. The number of aliphatic imine (C=N–C) groups is 1. The van der Waals surface area contributed by atoms with Gasteiger partial charge in [0.05, 0.1) is 17.5 Å². The van der Waals surface area contributed by atoms with Gasteiger partial charge in [0.25, 0.3) is 5.91 Å². The van der Waals surface area contributed by atoms with Gasteiger partial charge in [-0.25, -0.2) is 14.4 Å². The maximum absolute atomic E-state index is 14.7. The van der Waals surface area contributed by atoms with E-state index in [4.69, 9.17) is 15.4 Å². The molecule has 0 bridgehead atoms. The normalized spacial score (nSPS) is 23.6. The van der Waals surface area contributed by atoms with E-state index in [0.29, 0.717) is 29.9 Å². The summed E-state index contributed by atoms with van der Waals surface area (Å²) in [5, 5.41) is 11.6. The third kappa shape index (κ3) is 4.90. The second kappa shape index (κ2) is 10.1. The molecule has 2 aromatic rings. The Kier molecular flexibility index (Phi) is 7.48. The Bertz CT molecular complexity index is 1180. The van der Waals surface area contributed by atoms with Crippen molar-refractivity contribution in [1.29, 1.82) is 5.26 Å². The molecule has 174 valence electrons. The quantitative estimate of drug-likeness (QED) is 0.706. The molecule has 2 aliphatic heterocycles. The highest BCUT2D eigenvalue weighted by molar-refractivity contribution is 7.89. The van der Waals surface area contributed by atoms with Gasteiger partial charge >= 0.3 is 0 Å². The molecule has 3 N–H and O–H groups in total. The smallest absolute Gasteiger partial charge is 0.275 e. The van der Waals surface area contributed by atoms with Gasteiger partial charge < -0.3 is 11.1 Å². The summed E-state index contributed by atoms with van der Waals surface area (Å²) >= 11 is 0. The van der Waals surface area contributed by atoms with Gasteiger partial charge in [-0.05, 0) is 50.5 Å². The minimum absolute atomic E-state index is 0.139. The number of anilines is 1. The lowest BCUT2D eigenvalue weighted by Crippen LogP contribution is -2.51. The number of carbonyl (C=O) groups excluding carboxylic acids is 1. The first-order valence-electron chi connectivity index (χ1n) is 10.3. The zero-order chi connectivity index (χ0) is 24.2. The summed E-state index contributed by atoms with van der Waals surface area (Å²) in [6, 6.07) is 5.66. The number of fused-ring (bicyclic) bond motifs is 1. The highest BCUT2D eigenvalue weighted by Gasteiger charge is 2.41. The molecular formula is C22H25F2N7OS. The molecule has 3 atom stereocenters. The Morgan fingerprint density at radius 3 is 2.85 bits per heavy atom. The van der Waals surface area contributed by atoms with Gasteiger partial charge in [0.1, 0.15) is 41.0 Å². The van der Waals surface area contributed by atoms with E-state index in [1.807, 2.05) is 6.07 Å². The number of nitrogens with two attached hydrogens (primary N) is 1. The number of rotatable bonds is 3. The highest BCUT2D eigenvalue weighted by atomic mass is 32.2. The zero-order valence-electron chi connectivity index (χ0n) is 18.6. The maximum atomic E-state index is 14.7. The summed E-state index contributed by atoms with van der Waals surface area (Å²) in [6.07, 6.45) is 3.22. The number of amidine groups is 1. The van der Waals surface area contributed by atoms with Crippen LogP contribution in [0.2, 0.25) is 0 Å². The molecule has 2 aliphatic rings. The predicted octanol–water partition coefficient (Wildman–Crippen LogP) is 3.40. The van der Waals surface area contributed by atoms with E-state index >= 15 is 0 Å². The van der Waals surface area contributed by atoms with E-state index in [2.05, 4.69) is 27.2 Å². The van der Waals surface area contributed by atoms with Gasteiger partial charge in [0.2, 0.25) is 0 Å². The second-order valence-electron chi connectivity index (χ2n) is 7.77. The highest BCUT2D eigenvalue weighted by Crippen LogP contribution is 2.36. The number of nitrogens with zero attached hydrogens (tertiary/aromatic N) is 5. The van der Waals surface area contributed by atoms with Crippen molar-refractivity contribution < 1.29 is 13.6 Å². The number of halogens is 2. The van der Waals surface area contributed by atoms with Crippen LogP contribution >= 0.6 is 0 Å². The fourth-order valence-corrected chi connectivity index (χ4v) is 6.09. The average Bonchev–Trinajstić information content (AvgIpc) is 2.82. The van der Waals surface area contributed by atoms with Crippen LogP contribution in [-0.2, 0) is 10.7 Å². The maximum Gasteiger partial charge on any atom is 0.275 e. The van der Waals surface area contributed by atoms with Crippen LogP contribution in [0.5, 0.6) is 0 Å². The van der Waals surface area contributed by atoms with Gasteiger partial charge in [0.15, 0.2) is 0 Å². The Hall–Kier alpha value is -3.26. The van der Waals surface area contributed by atoms with Crippen molar-refractivity contribution in [3.05, 3.63) is 52.7 Å². The number of hydrogen-bond donors (Lipinski definition) is 2. The summed E-state index contributed by atoms with van der Waals surface area (Å²) in [6.45, 7) is 4.54. The van der Waals surface area contributed by atoms with Crippen LogP contribution in [0.4, 0.5) is 14.6 Å². The lowest BCUT2D eigenvalue weighted by atomic mass is 10.0. The number of aryl methyl sites for hydroxylation is 1. The molecule has 0 spiro atoms. The number of nitrogens with one attached hydrogen (secondary N) is 1. The van der Waals surface area contributed by atoms with Gasteiger partial charge in [0, 0.05) is 18.5 Å². The molecule has 11 heteroatoms. The van der Waals surface area contributed by atoms with Crippen LogP contribution in [-0.4, -0.2) is 45.9 Å². The Balaban J connectivity index is 0.00000149. The number of nitriles is 1. The van der Waals surface area contributed by atoms with Gasteiger partial charge in [-0.15, -0.1) is 0 Å². The van der Waals surface area contributed by atoms with E-state index in [1.54, 1.807) is 13.0 Å². The van der Waals surface area contributed by atoms with Crippen molar-refractivity contribution in [1.82, 2.24) is 9.97 Å². The van der Waals surface area contributed by atoms with Crippen molar-refractivity contribution in [2.45, 2.75) is 37.5 Å². The molecule has 0 fully saturated rings. The number of aromatic nitrogens is 2. The summed E-state index contributed by atoms with van der Waals surface area (Å²) in [7, 11) is 0.148. The Morgan fingerprint density at radius 1 is 1.39 bits per heavy atom. The first kappa shape index (κ1) is 24.4. The Morgan fingerprint density at radius 2 is 2.15 bits per heavy atom. The molecule has 4 heterocycles. The Labute approximate surface area is 193 Å². The van der Waals surface area contributed by atoms with E-state index < -0.39 is 17.8 Å². The second-order valence-corrected chi connectivity index (χ2v) is 9.99. The van der Waals surface area contributed by atoms with Crippen LogP contribution in [0.15, 0.2) is 33.8 Å². The van der Waals surface area contributed by atoms with Crippen LogP contribution < -0.4 is 11.1 Å². The number of alkyl halides is 1. The number of hydrogen-bond acceptors (Lipinski definition) is 7. The molecule has 0 aliphatic carbocycles. The minimum atomic E-state index is -0.551. The largest absolute Gasteiger partial charge is 0.386 e. The molecule has 0 radical (unpaired) electrons. The number of carbonyl (C=O) groups is 1. The lowest BCUT2D eigenvalue weighted by molar-refractivity contribution is 0.102. The topological polar surface area (TPSA) is 129 Å². The van der Waals surface area contributed by atoms with E-state index in [1.165, 1.54) is 18.3 Å². The van der Waals surface area contributed by atoms with Gasteiger partial charge in [-0.2, -0.15) is 5.26 Å². The van der Waals surface area contributed by atoms with Crippen LogP contribution in [0.3, 0.4) is 0 Å². The molecule has 33 heavy (non-hydrogen) atoms. The molecule has 0 saturated heterocycles. The molecular weight excluding hydrogens is 448 g/mol. The van der Waals surface area contributed by atoms with Crippen molar-refractivity contribution in [2.75, 3.05) is 24.8 Å². The first-order valence-corrected chi connectivity index (χ1v) is 11.6. The minimum Gasteiger partial charge on any atom is -0.386 e. The molecule has 4 rings (SSSR count). The first-order chi connectivity index (χ1) is 15.8. The monoisotopic (exact) mass is 473 g/mol. The molecule has 2 aromatic heterocycles. The van der Waals surface area contributed by atoms with Crippen molar-refractivity contribution >= 4 is 28.3 Å². The third-order valence-corrected chi connectivity index (χ3v) is 8.16. The number of pyridine rings is 2. The van der Waals surface area contributed by atoms with Gasteiger partial charge in [-0.1, -0.05) is 10.7 Å². The van der Waals surface area contributed by atoms with E-state index in [-0.39, 0.29) is 32.6 Å². The van der Waals surface area contributed by atoms with Crippen molar-refractivity contribution in [3.8, 4) is 6.07 Å². The van der Waals surface area contributed by atoms with Crippen LogP contribution in [0, 0.1) is 24.1 Å². The molecule has 8 nitrogen and oxygen atoms in total. The summed E-state index contributed by atoms with van der Waals surface area (Å²) in [5.41, 5.74) is 7.52. The molecule has 1 amide bonds. The predicted molar refractivity (Wildman–Crippen MR) is 124 cm³/mol. The van der Waals surface area contributed by atoms with Crippen LogP contribution in [0.25, 0.3) is 0 Å². The summed E-state index contributed by atoms with van der Waals surface area (Å²) in [5.74, 6) is 0.239. The van der Waals surface area contributed by atoms with Gasteiger partial charge in [-0.3, -0.25) is 18.5 Å². The van der Waals surface area contributed by atoms with E-state index in [0.717, 1.165) is 19.4 Å². The summed E-state index contributed by atoms with van der Waals surface area (Å²) in [4.78, 5) is 25.6. The zero-order valence-corrected chi connectivity index (χ0v) is 19.4. The molecule has 0 aromatic carbocycles.